The van der Waals surface area contributed by atoms with Gasteiger partial charge in [0.05, 0.1) is 13.2 Å². The molecule has 24 heavy (non-hydrogen) atoms. The summed E-state index contributed by atoms with van der Waals surface area (Å²) in [6, 6.07) is 11.4. The summed E-state index contributed by atoms with van der Waals surface area (Å²) >= 11 is 5.81. The SMILES string of the molecule is COc1cc(C)ccc1S(=O)(=O)N[C@@H](C)COc1ccc(Cl)cc1. The molecule has 0 amide bonds. The van der Waals surface area contributed by atoms with E-state index in [-0.39, 0.29) is 11.5 Å². The molecule has 0 aromatic heterocycles. The van der Waals surface area contributed by atoms with Gasteiger partial charge in [-0.3, -0.25) is 0 Å². The maximum Gasteiger partial charge on any atom is 0.244 e. The third kappa shape index (κ3) is 4.87. The van der Waals surface area contributed by atoms with Crippen LogP contribution in [0.5, 0.6) is 11.5 Å². The van der Waals surface area contributed by atoms with Gasteiger partial charge < -0.3 is 9.47 Å². The predicted molar refractivity (Wildman–Crippen MR) is 94.5 cm³/mol. The molecular formula is C17H20ClNO4S. The monoisotopic (exact) mass is 369 g/mol. The zero-order valence-electron chi connectivity index (χ0n) is 13.7. The summed E-state index contributed by atoms with van der Waals surface area (Å²) in [6.07, 6.45) is 0. The summed E-state index contributed by atoms with van der Waals surface area (Å²) in [4.78, 5) is 0.106. The molecule has 2 rings (SSSR count). The molecule has 1 atom stereocenters. The first kappa shape index (κ1) is 18.6. The molecule has 7 heteroatoms. The van der Waals surface area contributed by atoms with Gasteiger partial charge in [-0.05, 0) is 55.8 Å². The lowest BCUT2D eigenvalue weighted by atomic mass is 10.2. The van der Waals surface area contributed by atoms with Crippen molar-refractivity contribution in [2.24, 2.45) is 0 Å². The Morgan fingerprint density at radius 2 is 1.83 bits per heavy atom. The van der Waals surface area contributed by atoms with E-state index in [0.717, 1.165) is 5.56 Å². The lowest BCUT2D eigenvalue weighted by Crippen LogP contribution is -2.36. The number of aryl methyl sites for hydroxylation is 1. The molecule has 0 spiro atoms. The normalized spacial score (nSPS) is 12.7. The first-order valence-corrected chi connectivity index (χ1v) is 9.23. The Morgan fingerprint density at radius 3 is 2.46 bits per heavy atom. The number of nitrogens with one attached hydrogen (secondary N) is 1. The molecule has 0 radical (unpaired) electrons. The highest BCUT2D eigenvalue weighted by atomic mass is 35.5. The maximum absolute atomic E-state index is 12.5. The van der Waals surface area contributed by atoms with Crippen molar-refractivity contribution in [2.45, 2.75) is 24.8 Å². The lowest BCUT2D eigenvalue weighted by molar-refractivity contribution is 0.287. The Morgan fingerprint density at radius 1 is 1.17 bits per heavy atom. The number of sulfonamides is 1. The van der Waals surface area contributed by atoms with E-state index in [0.29, 0.717) is 16.5 Å². The molecule has 1 N–H and O–H groups in total. The number of hydrogen-bond acceptors (Lipinski definition) is 4. The van der Waals surface area contributed by atoms with Gasteiger partial charge in [0, 0.05) is 5.02 Å². The van der Waals surface area contributed by atoms with Crippen LogP contribution in [0.4, 0.5) is 0 Å². The van der Waals surface area contributed by atoms with E-state index in [9.17, 15) is 8.42 Å². The molecule has 5 nitrogen and oxygen atoms in total. The molecule has 2 aromatic carbocycles. The van der Waals surface area contributed by atoms with Crippen molar-refractivity contribution >= 4 is 21.6 Å². The van der Waals surface area contributed by atoms with Crippen LogP contribution in [-0.4, -0.2) is 28.2 Å². The van der Waals surface area contributed by atoms with Gasteiger partial charge in [0.2, 0.25) is 10.0 Å². The van der Waals surface area contributed by atoms with Crippen LogP contribution in [0.2, 0.25) is 5.02 Å². The van der Waals surface area contributed by atoms with E-state index in [4.69, 9.17) is 21.1 Å². The van der Waals surface area contributed by atoms with Crippen LogP contribution in [0.15, 0.2) is 47.4 Å². The molecule has 0 fully saturated rings. The van der Waals surface area contributed by atoms with Gasteiger partial charge in [-0.25, -0.2) is 13.1 Å². The number of rotatable bonds is 7. The van der Waals surface area contributed by atoms with Gasteiger partial charge in [0.15, 0.2) is 0 Å². The van der Waals surface area contributed by atoms with Crippen molar-refractivity contribution in [3.8, 4) is 11.5 Å². The molecule has 0 aliphatic carbocycles. The zero-order valence-corrected chi connectivity index (χ0v) is 15.3. The summed E-state index contributed by atoms with van der Waals surface area (Å²) in [6.45, 7) is 3.79. The maximum atomic E-state index is 12.5. The van der Waals surface area contributed by atoms with Crippen LogP contribution in [-0.2, 0) is 10.0 Å². The first-order chi connectivity index (χ1) is 11.3. The second-order valence-electron chi connectivity index (χ2n) is 5.44. The van der Waals surface area contributed by atoms with E-state index in [1.165, 1.54) is 13.2 Å². The molecule has 0 unspecified atom stereocenters. The van der Waals surface area contributed by atoms with Crippen LogP contribution in [0.3, 0.4) is 0 Å². The number of ether oxygens (including phenoxy) is 2. The zero-order chi connectivity index (χ0) is 17.7. The molecule has 0 saturated heterocycles. The smallest absolute Gasteiger partial charge is 0.244 e. The fourth-order valence-electron chi connectivity index (χ4n) is 2.11. The Hall–Kier alpha value is -1.76. The van der Waals surface area contributed by atoms with Crippen LogP contribution in [0.1, 0.15) is 12.5 Å². The highest BCUT2D eigenvalue weighted by Gasteiger charge is 2.22. The van der Waals surface area contributed by atoms with Crippen LogP contribution in [0, 0.1) is 6.92 Å². The second-order valence-corrected chi connectivity index (χ2v) is 7.56. The molecule has 0 bridgehead atoms. The van der Waals surface area contributed by atoms with E-state index in [2.05, 4.69) is 4.72 Å². The highest BCUT2D eigenvalue weighted by Crippen LogP contribution is 2.25. The quantitative estimate of drug-likeness (QED) is 0.812. The summed E-state index contributed by atoms with van der Waals surface area (Å²) in [5.74, 6) is 0.937. The largest absolute Gasteiger partial charge is 0.495 e. The molecule has 2 aromatic rings. The van der Waals surface area contributed by atoms with Gasteiger partial charge in [0.25, 0.3) is 0 Å². The minimum absolute atomic E-state index is 0.106. The summed E-state index contributed by atoms with van der Waals surface area (Å²) in [5, 5.41) is 0.613. The molecular weight excluding hydrogens is 350 g/mol. The lowest BCUT2D eigenvalue weighted by Gasteiger charge is -2.17. The van der Waals surface area contributed by atoms with Crippen LogP contribution in [0.25, 0.3) is 0 Å². The van der Waals surface area contributed by atoms with Gasteiger partial charge in [-0.2, -0.15) is 0 Å². The standard InChI is InChI=1S/C17H20ClNO4S/c1-12-4-9-17(16(10-12)22-3)24(20,21)19-13(2)11-23-15-7-5-14(18)6-8-15/h4-10,13,19H,11H2,1-3H3/t13-/m0/s1. The summed E-state index contributed by atoms with van der Waals surface area (Å²) < 4.78 is 38.4. The number of methoxy groups -OCH3 is 1. The molecule has 130 valence electrons. The van der Waals surface area contributed by atoms with Crippen molar-refractivity contribution < 1.29 is 17.9 Å². The van der Waals surface area contributed by atoms with E-state index in [1.54, 1.807) is 43.3 Å². The number of hydrogen-bond donors (Lipinski definition) is 1. The molecule has 0 saturated carbocycles. The molecule has 0 aliphatic rings. The topological polar surface area (TPSA) is 64.6 Å². The van der Waals surface area contributed by atoms with Gasteiger partial charge in [-0.15, -0.1) is 0 Å². The Bertz CT molecular complexity index is 791. The van der Waals surface area contributed by atoms with E-state index >= 15 is 0 Å². The average Bonchev–Trinajstić information content (AvgIpc) is 2.53. The fraction of sp³-hybridized carbons (Fsp3) is 0.294. The number of benzene rings is 2. The van der Waals surface area contributed by atoms with Crippen molar-refractivity contribution in [1.82, 2.24) is 4.72 Å². The van der Waals surface area contributed by atoms with Gasteiger partial charge in [0.1, 0.15) is 23.0 Å². The van der Waals surface area contributed by atoms with Gasteiger partial charge >= 0.3 is 0 Å². The third-order valence-electron chi connectivity index (χ3n) is 3.28. The van der Waals surface area contributed by atoms with Crippen molar-refractivity contribution in [3.05, 3.63) is 53.1 Å². The number of halogens is 1. The highest BCUT2D eigenvalue weighted by molar-refractivity contribution is 7.89. The van der Waals surface area contributed by atoms with Crippen molar-refractivity contribution in [1.29, 1.82) is 0 Å². The molecule has 0 heterocycles. The van der Waals surface area contributed by atoms with Crippen molar-refractivity contribution in [2.75, 3.05) is 13.7 Å². The predicted octanol–water partition coefficient (Wildman–Crippen LogP) is 3.40. The average molecular weight is 370 g/mol. The fourth-order valence-corrected chi connectivity index (χ4v) is 3.62. The van der Waals surface area contributed by atoms with Crippen LogP contribution >= 0.6 is 11.6 Å². The minimum Gasteiger partial charge on any atom is -0.495 e. The third-order valence-corrected chi connectivity index (χ3v) is 5.16. The minimum atomic E-state index is -3.71. The van der Waals surface area contributed by atoms with Crippen LogP contribution < -0.4 is 14.2 Å². The van der Waals surface area contributed by atoms with Crippen molar-refractivity contribution in [3.63, 3.8) is 0 Å². The van der Waals surface area contributed by atoms with E-state index in [1.807, 2.05) is 6.92 Å². The first-order valence-electron chi connectivity index (χ1n) is 7.37. The summed E-state index contributed by atoms with van der Waals surface area (Å²) in [5.41, 5.74) is 0.921. The van der Waals surface area contributed by atoms with Gasteiger partial charge in [-0.1, -0.05) is 17.7 Å². The second kappa shape index (κ2) is 7.88. The molecule has 0 aliphatic heterocycles. The Labute approximate surface area is 147 Å². The Kier molecular flexibility index (Phi) is 6.10. The Balaban J connectivity index is 2.04. The summed E-state index contributed by atoms with van der Waals surface area (Å²) in [7, 11) is -2.26. The van der Waals surface area contributed by atoms with E-state index < -0.39 is 16.1 Å².